The number of nitrogens with two attached hydrogens (primary N) is 1. The van der Waals surface area contributed by atoms with Crippen LogP contribution in [-0.2, 0) is 6.61 Å². The van der Waals surface area contributed by atoms with E-state index in [-0.39, 0.29) is 18.0 Å². The fourth-order valence-electron chi connectivity index (χ4n) is 1.46. The van der Waals surface area contributed by atoms with Gasteiger partial charge in [0.25, 0.3) is 0 Å². The summed E-state index contributed by atoms with van der Waals surface area (Å²) >= 11 is 0. The summed E-state index contributed by atoms with van der Waals surface area (Å²) in [6.07, 6.45) is 0. The van der Waals surface area contributed by atoms with Gasteiger partial charge in [-0.25, -0.2) is 13.2 Å². The van der Waals surface area contributed by atoms with Crippen molar-refractivity contribution in [1.29, 1.82) is 0 Å². The zero-order chi connectivity index (χ0) is 13.1. The first-order valence-corrected chi connectivity index (χ1v) is 5.17. The molecule has 94 valence electrons. The van der Waals surface area contributed by atoms with Crippen molar-refractivity contribution in [3.8, 4) is 5.75 Å². The monoisotopic (exact) mass is 253 g/mol. The second-order valence-electron chi connectivity index (χ2n) is 3.75. The van der Waals surface area contributed by atoms with Crippen LogP contribution in [-0.4, -0.2) is 0 Å². The minimum Gasteiger partial charge on any atom is -0.489 e. The van der Waals surface area contributed by atoms with Crippen LogP contribution in [0.5, 0.6) is 5.75 Å². The number of halogens is 3. The van der Waals surface area contributed by atoms with Crippen LogP contribution >= 0.6 is 0 Å². The van der Waals surface area contributed by atoms with Gasteiger partial charge in [0.1, 0.15) is 29.8 Å². The molecule has 18 heavy (non-hydrogen) atoms. The molecule has 0 bridgehead atoms. The van der Waals surface area contributed by atoms with Gasteiger partial charge in [-0.05, 0) is 29.8 Å². The average molecular weight is 253 g/mol. The van der Waals surface area contributed by atoms with E-state index in [4.69, 9.17) is 10.5 Å². The summed E-state index contributed by atoms with van der Waals surface area (Å²) in [5.74, 6) is -1.72. The van der Waals surface area contributed by atoms with E-state index in [1.165, 1.54) is 12.1 Å². The highest BCUT2D eigenvalue weighted by Crippen LogP contribution is 2.19. The van der Waals surface area contributed by atoms with Crippen molar-refractivity contribution < 1.29 is 17.9 Å². The van der Waals surface area contributed by atoms with Gasteiger partial charge in [0.2, 0.25) is 0 Å². The molecule has 2 rings (SSSR count). The molecule has 0 saturated heterocycles. The largest absolute Gasteiger partial charge is 0.489 e. The van der Waals surface area contributed by atoms with Crippen molar-refractivity contribution >= 4 is 5.69 Å². The molecule has 0 aromatic heterocycles. The minimum absolute atomic E-state index is 0.0131. The summed E-state index contributed by atoms with van der Waals surface area (Å²) in [4.78, 5) is 0. The van der Waals surface area contributed by atoms with E-state index in [2.05, 4.69) is 0 Å². The van der Waals surface area contributed by atoms with E-state index in [1.807, 2.05) is 0 Å². The van der Waals surface area contributed by atoms with E-state index in [1.54, 1.807) is 0 Å². The molecule has 0 radical (unpaired) electrons. The first-order valence-electron chi connectivity index (χ1n) is 5.17. The highest BCUT2D eigenvalue weighted by molar-refractivity contribution is 5.43. The van der Waals surface area contributed by atoms with Gasteiger partial charge >= 0.3 is 0 Å². The average Bonchev–Trinajstić information content (AvgIpc) is 2.29. The van der Waals surface area contributed by atoms with Crippen LogP contribution in [0.1, 0.15) is 5.56 Å². The third-order valence-electron chi connectivity index (χ3n) is 2.30. The summed E-state index contributed by atoms with van der Waals surface area (Å²) in [5, 5.41) is 0. The van der Waals surface area contributed by atoms with Gasteiger partial charge in [-0.1, -0.05) is 0 Å². The number of nitrogen functional groups attached to an aromatic ring is 1. The molecule has 0 amide bonds. The Labute approximate surface area is 102 Å². The normalized spacial score (nSPS) is 10.4. The van der Waals surface area contributed by atoms with Crippen LogP contribution in [0.4, 0.5) is 18.9 Å². The zero-order valence-electron chi connectivity index (χ0n) is 9.29. The van der Waals surface area contributed by atoms with Crippen molar-refractivity contribution in [2.24, 2.45) is 0 Å². The summed E-state index contributed by atoms with van der Waals surface area (Å²) in [5.41, 5.74) is 5.64. The van der Waals surface area contributed by atoms with Crippen molar-refractivity contribution in [3.05, 3.63) is 59.4 Å². The fourth-order valence-corrected chi connectivity index (χ4v) is 1.46. The van der Waals surface area contributed by atoms with E-state index >= 15 is 0 Å². The molecule has 0 spiro atoms. The smallest absolute Gasteiger partial charge is 0.149 e. The number of benzene rings is 2. The topological polar surface area (TPSA) is 35.2 Å². The summed E-state index contributed by atoms with van der Waals surface area (Å²) in [6.45, 7) is -0.0575. The number of ether oxygens (including phenoxy) is 1. The Morgan fingerprint density at radius 1 is 0.944 bits per heavy atom. The van der Waals surface area contributed by atoms with Gasteiger partial charge in [-0.15, -0.1) is 0 Å². The number of hydrogen-bond donors (Lipinski definition) is 1. The molecule has 0 atom stereocenters. The van der Waals surface area contributed by atoms with Crippen molar-refractivity contribution in [2.45, 2.75) is 6.61 Å². The Bertz CT molecular complexity index is 552. The number of rotatable bonds is 3. The van der Waals surface area contributed by atoms with Crippen LogP contribution in [0, 0.1) is 17.5 Å². The molecular formula is C13H10F3NO. The summed E-state index contributed by atoms with van der Waals surface area (Å²) < 4.78 is 44.1. The molecule has 2 nitrogen and oxygen atoms in total. The molecule has 0 saturated carbocycles. The number of hydrogen-bond acceptors (Lipinski definition) is 2. The third-order valence-corrected chi connectivity index (χ3v) is 2.30. The van der Waals surface area contributed by atoms with Crippen molar-refractivity contribution in [3.63, 3.8) is 0 Å². The predicted molar refractivity (Wildman–Crippen MR) is 61.5 cm³/mol. The second-order valence-corrected chi connectivity index (χ2v) is 3.75. The van der Waals surface area contributed by atoms with Crippen LogP contribution in [0.3, 0.4) is 0 Å². The quantitative estimate of drug-likeness (QED) is 0.852. The minimum atomic E-state index is -0.683. The Kier molecular flexibility index (Phi) is 3.41. The molecule has 0 fully saturated rings. The van der Waals surface area contributed by atoms with Crippen molar-refractivity contribution in [2.75, 3.05) is 5.73 Å². The molecule has 0 aliphatic carbocycles. The van der Waals surface area contributed by atoms with E-state index in [0.29, 0.717) is 5.56 Å². The molecule has 2 aromatic carbocycles. The maximum Gasteiger partial charge on any atom is 0.149 e. The van der Waals surface area contributed by atoms with Gasteiger partial charge in [-0.3, -0.25) is 0 Å². The van der Waals surface area contributed by atoms with Gasteiger partial charge in [0, 0.05) is 12.1 Å². The van der Waals surface area contributed by atoms with Crippen LogP contribution < -0.4 is 10.5 Å². The lowest BCUT2D eigenvalue weighted by Crippen LogP contribution is -1.98. The first-order chi connectivity index (χ1) is 8.54. The van der Waals surface area contributed by atoms with Crippen LogP contribution in [0.2, 0.25) is 0 Å². The highest BCUT2D eigenvalue weighted by atomic mass is 19.1. The predicted octanol–water partition coefficient (Wildman–Crippen LogP) is 3.27. The fraction of sp³-hybridized carbons (Fsp3) is 0.0769. The van der Waals surface area contributed by atoms with Crippen LogP contribution in [0.15, 0.2) is 36.4 Å². The molecule has 2 N–H and O–H groups in total. The molecule has 0 aliphatic heterocycles. The molecule has 0 aliphatic rings. The van der Waals surface area contributed by atoms with Gasteiger partial charge < -0.3 is 10.5 Å². The maximum absolute atomic E-state index is 13.1. The van der Waals surface area contributed by atoms with Gasteiger partial charge in [0.05, 0.1) is 5.69 Å². The lowest BCUT2D eigenvalue weighted by molar-refractivity contribution is 0.303. The number of anilines is 1. The summed E-state index contributed by atoms with van der Waals surface area (Å²) in [7, 11) is 0. The Hall–Kier alpha value is -2.17. The molecule has 2 aromatic rings. The maximum atomic E-state index is 13.1. The SMILES string of the molecule is Nc1ccc(OCc2cc(F)cc(F)c2)cc1F. The Balaban J connectivity index is 2.08. The Morgan fingerprint density at radius 2 is 1.61 bits per heavy atom. The molecule has 5 heteroatoms. The van der Waals surface area contributed by atoms with E-state index < -0.39 is 17.5 Å². The lowest BCUT2D eigenvalue weighted by Gasteiger charge is -2.07. The molecule has 0 heterocycles. The van der Waals surface area contributed by atoms with Crippen molar-refractivity contribution in [1.82, 2.24) is 0 Å². The lowest BCUT2D eigenvalue weighted by atomic mass is 10.2. The van der Waals surface area contributed by atoms with Crippen LogP contribution in [0.25, 0.3) is 0 Å². The Morgan fingerprint density at radius 3 is 2.22 bits per heavy atom. The molecule has 0 unspecified atom stereocenters. The van der Waals surface area contributed by atoms with Gasteiger partial charge in [-0.2, -0.15) is 0 Å². The second kappa shape index (κ2) is 5.00. The van der Waals surface area contributed by atoms with E-state index in [0.717, 1.165) is 24.3 Å². The highest BCUT2D eigenvalue weighted by Gasteiger charge is 2.04. The summed E-state index contributed by atoms with van der Waals surface area (Å²) in [6, 6.07) is 7.02. The molecular weight excluding hydrogens is 243 g/mol. The standard InChI is InChI=1S/C13H10F3NO/c14-9-3-8(4-10(15)5-9)7-18-11-1-2-13(17)12(16)6-11/h1-6H,7,17H2. The third kappa shape index (κ3) is 2.94. The van der Waals surface area contributed by atoms with Gasteiger partial charge in [0.15, 0.2) is 0 Å². The van der Waals surface area contributed by atoms with E-state index in [9.17, 15) is 13.2 Å². The zero-order valence-corrected chi connectivity index (χ0v) is 9.29. The first kappa shape index (κ1) is 12.3.